The number of fused-ring (bicyclic) bond motifs is 5. The lowest BCUT2D eigenvalue weighted by Gasteiger charge is -2.25. The molecule has 0 amide bonds. The number of rotatable bonds is 4. The molecule has 0 aliphatic rings. The first-order valence-corrected chi connectivity index (χ1v) is 12.1. The number of para-hydroxylation sites is 1. The lowest BCUT2D eigenvalue weighted by Crippen LogP contribution is -2.10. The first kappa shape index (κ1) is 20.5. The van der Waals surface area contributed by atoms with Crippen LogP contribution in [0.25, 0.3) is 44.0 Å². The molecule has 3 nitrogen and oxygen atoms in total. The molecular formula is C33H22N2O. The van der Waals surface area contributed by atoms with Gasteiger partial charge in [-0.1, -0.05) is 91.0 Å². The second kappa shape index (κ2) is 8.40. The average molecular weight is 463 g/mol. The Morgan fingerprint density at radius 1 is 0.528 bits per heavy atom. The van der Waals surface area contributed by atoms with Gasteiger partial charge in [-0.05, 0) is 46.8 Å². The number of nitrogens with zero attached hydrogens (tertiary/aromatic N) is 2. The van der Waals surface area contributed by atoms with E-state index in [1.54, 1.807) is 0 Å². The summed E-state index contributed by atoms with van der Waals surface area (Å²) in [5, 5.41) is 3.30. The Hall–Kier alpha value is -4.89. The van der Waals surface area contributed by atoms with Crippen molar-refractivity contribution in [2.75, 3.05) is 4.90 Å². The van der Waals surface area contributed by atoms with E-state index in [2.05, 4.69) is 108 Å². The van der Waals surface area contributed by atoms with Crippen molar-refractivity contribution in [3.05, 3.63) is 134 Å². The van der Waals surface area contributed by atoms with Crippen molar-refractivity contribution in [2.24, 2.45) is 0 Å². The van der Waals surface area contributed by atoms with Gasteiger partial charge in [0.15, 0.2) is 5.58 Å². The molecule has 0 fully saturated rings. The summed E-state index contributed by atoms with van der Waals surface area (Å²) in [6, 6.07) is 44.1. The van der Waals surface area contributed by atoms with Gasteiger partial charge < -0.3 is 9.32 Å². The molecule has 7 aromatic rings. The van der Waals surface area contributed by atoms with E-state index in [9.17, 15) is 0 Å². The lowest BCUT2D eigenvalue weighted by atomic mass is 10.0. The number of pyridine rings is 1. The number of benzene rings is 5. The molecule has 5 aromatic carbocycles. The fourth-order valence-corrected chi connectivity index (χ4v) is 4.94. The molecule has 0 bridgehead atoms. The third-order valence-corrected chi connectivity index (χ3v) is 6.69. The standard InChI is InChI=1S/C33H22N2O/c1-3-9-23(10-4-1)24-15-18-27(19-16-24)35(26-12-5-2-6-13-26)28-21-31-32(34-22-28)30-20-17-25-11-7-8-14-29(25)33(30)36-31/h1-22H. The zero-order chi connectivity index (χ0) is 23.9. The molecule has 0 N–H and O–H groups in total. The van der Waals surface area contributed by atoms with Crippen molar-refractivity contribution in [2.45, 2.75) is 0 Å². The van der Waals surface area contributed by atoms with E-state index in [1.807, 2.05) is 30.5 Å². The minimum Gasteiger partial charge on any atom is -0.454 e. The molecule has 0 aliphatic carbocycles. The smallest absolute Gasteiger partial charge is 0.155 e. The molecular weight excluding hydrogens is 440 g/mol. The molecule has 3 heteroatoms. The van der Waals surface area contributed by atoms with Gasteiger partial charge >= 0.3 is 0 Å². The highest BCUT2D eigenvalue weighted by molar-refractivity contribution is 6.14. The van der Waals surface area contributed by atoms with Gasteiger partial charge in [-0.3, -0.25) is 0 Å². The molecule has 0 atom stereocenters. The van der Waals surface area contributed by atoms with E-state index < -0.39 is 0 Å². The normalized spacial score (nSPS) is 11.3. The Kier molecular flexibility index (Phi) is 4.78. The van der Waals surface area contributed by atoms with Crippen LogP contribution in [0, 0.1) is 0 Å². The van der Waals surface area contributed by atoms with Crippen molar-refractivity contribution in [1.29, 1.82) is 0 Å². The van der Waals surface area contributed by atoms with Crippen LogP contribution in [0.5, 0.6) is 0 Å². The zero-order valence-corrected chi connectivity index (χ0v) is 19.5. The summed E-state index contributed by atoms with van der Waals surface area (Å²) < 4.78 is 6.42. The zero-order valence-electron chi connectivity index (χ0n) is 19.5. The molecule has 0 aliphatic heterocycles. The molecule has 0 saturated heterocycles. The van der Waals surface area contributed by atoms with Crippen molar-refractivity contribution < 1.29 is 4.42 Å². The molecule has 36 heavy (non-hydrogen) atoms. The van der Waals surface area contributed by atoms with Crippen LogP contribution in [0.1, 0.15) is 0 Å². The maximum Gasteiger partial charge on any atom is 0.155 e. The van der Waals surface area contributed by atoms with Crippen LogP contribution < -0.4 is 4.90 Å². The van der Waals surface area contributed by atoms with E-state index in [1.165, 1.54) is 11.1 Å². The maximum absolute atomic E-state index is 6.42. The van der Waals surface area contributed by atoms with Gasteiger partial charge in [-0.25, -0.2) is 4.98 Å². The molecule has 0 saturated carbocycles. The Labute approximate surface area is 208 Å². The maximum atomic E-state index is 6.42. The van der Waals surface area contributed by atoms with E-state index in [0.717, 1.165) is 49.9 Å². The van der Waals surface area contributed by atoms with Crippen LogP contribution in [0.2, 0.25) is 0 Å². The molecule has 170 valence electrons. The highest BCUT2D eigenvalue weighted by Crippen LogP contribution is 2.39. The van der Waals surface area contributed by atoms with Gasteiger partial charge in [-0.15, -0.1) is 0 Å². The summed E-state index contributed by atoms with van der Waals surface area (Å²) in [6.07, 6.45) is 1.94. The predicted molar refractivity (Wildman–Crippen MR) is 149 cm³/mol. The van der Waals surface area contributed by atoms with Crippen molar-refractivity contribution in [3.63, 3.8) is 0 Å². The second-order valence-corrected chi connectivity index (χ2v) is 8.89. The van der Waals surface area contributed by atoms with Gasteiger partial charge in [0.2, 0.25) is 0 Å². The number of hydrogen-bond acceptors (Lipinski definition) is 3. The highest BCUT2D eigenvalue weighted by Gasteiger charge is 2.17. The SMILES string of the molecule is c1ccc(-c2ccc(N(c3ccccc3)c3cnc4c(c3)oc3c5ccccc5ccc43)cc2)cc1. The van der Waals surface area contributed by atoms with E-state index in [-0.39, 0.29) is 0 Å². The van der Waals surface area contributed by atoms with Crippen LogP contribution in [0.4, 0.5) is 17.1 Å². The molecule has 0 radical (unpaired) electrons. The van der Waals surface area contributed by atoms with Crippen LogP contribution in [-0.4, -0.2) is 4.98 Å². The first-order valence-electron chi connectivity index (χ1n) is 12.1. The topological polar surface area (TPSA) is 29.3 Å². The van der Waals surface area contributed by atoms with E-state index in [0.29, 0.717) is 0 Å². The molecule has 2 aromatic heterocycles. The number of hydrogen-bond donors (Lipinski definition) is 0. The highest BCUT2D eigenvalue weighted by atomic mass is 16.3. The quantitative estimate of drug-likeness (QED) is 0.261. The number of furan rings is 1. The minimum atomic E-state index is 0.778. The van der Waals surface area contributed by atoms with E-state index >= 15 is 0 Å². The van der Waals surface area contributed by atoms with Crippen molar-refractivity contribution >= 4 is 49.9 Å². The number of aromatic nitrogens is 1. The predicted octanol–water partition coefficient (Wildman–Crippen LogP) is 9.27. The number of anilines is 3. The first-order chi connectivity index (χ1) is 17.8. The Balaban J connectivity index is 1.38. The molecule has 0 unspecified atom stereocenters. The van der Waals surface area contributed by atoms with Gasteiger partial charge in [0.05, 0.1) is 11.9 Å². The minimum absolute atomic E-state index is 0.778. The van der Waals surface area contributed by atoms with Gasteiger partial charge in [0.1, 0.15) is 11.1 Å². The molecule has 0 spiro atoms. The van der Waals surface area contributed by atoms with Crippen LogP contribution in [-0.2, 0) is 0 Å². The van der Waals surface area contributed by atoms with Crippen LogP contribution >= 0.6 is 0 Å². The fourth-order valence-electron chi connectivity index (χ4n) is 4.94. The fraction of sp³-hybridized carbons (Fsp3) is 0. The summed E-state index contributed by atoms with van der Waals surface area (Å²) in [5.41, 5.74) is 8.00. The summed E-state index contributed by atoms with van der Waals surface area (Å²) in [7, 11) is 0. The summed E-state index contributed by atoms with van der Waals surface area (Å²) >= 11 is 0. The monoisotopic (exact) mass is 462 g/mol. The van der Waals surface area contributed by atoms with E-state index in [4.69, 9.17) is 9.40 Å². The van der Waals surface area contributed by atoms with Gasteiger partial charge in [0, 0.05) is 28.2 Å². The summed E-state index contributed by atoms with van der Waals surface area (Å²) in [6.45, 7) is 0. The van der Waals surface area contributed by atoms with Crippen LogP contribution in [0.3, 0.4) is 0 Å². The van der Waals surface area contributed by atoms with Crippen LogP contribution in [0.15, 0.2) is 138 Å². The Bertz CT molecular complexity index is 1820. The summed E-state index contributed by atoms with van der Waals surface area (Å²) in [4.78, 5) is 7.09. The summed E-state index contributed by atoms with van der Waals surface area (Å²) in [5.74, 6) is 0. The average Bonchev–Trinajstić information content (AvgIpc) is 3.33. The van der Waals surface area contributed by atoms with Gasteiger partial charge in [0.25, 0.3) is 0 Å². The third kappa shape index (κ3) is 3.41. The van der Waals surface area contributed by atoms with Crippen molar-refractivity contribution in [3.8, 4) is 11.1 Å². The molecule has 2 heterocycles. The van der Waals surface area contributed by atoms with Gasteiger partial charge in [-0.2, -0.15) is 0 Å². The largest absolute Gasteiger partial charge is 0.454 e. The van der Waals surface area contributed by atoms with Crippen molar-refractivity contribution in [1.82, 2.24) is 4.98 Å². The lowest BCUT2D eigenvalue weighted by molar-refractivity contribution is 0.672. The second-order valence-electron chi connectivity index (χ2n) is 8.89. The third-order valence-electron chi connectivity index (χ3n) is 6.69. The Morgan fingerprint density at radius 3 is 2.00 bits per heavy atom. The Morgan fingerprint density at radius 2 is 1.19 bits per heavy atom. The molecule has 7 rings (SSSR count).